The van der Waals surface area contributed by atoms with Crippen LogP contribution in [-0.2, 0) is 9.47 Å². The van der Waals surface area contributed by atoms with Crippen LogP contribution >= 0.6 is 0 Å². The minimum Gasteiger partial charge on any atom is -0.491 e. The molecular weight excluding hydrogens is 326 g/mol. The molecule has 3 rings (SSSR count). The molecule has 1 aromatic carbocycles. The molecule has 0 amide bonds. The Balaban J connectivity index is 1.94. The van der Waals surface area contributed by atoms with Crippen LogP contribution in [0, 0.1) is 5.92 Å². The lowest BCUT2D eigenvalue weighted by Gasteiger charge is -2.28. The quantitative estimate of drug-likeness (QED) is 0.817. The van der Waals surface area contributed by atoms with Gasteiger partial charge in [0.1, 0.15) is 18.4 Å². The van der Waals surface area contributed by atoms with E-state index in [1.807, 2.05) is 12.1 Å². The predicted octanol–water partition coefficient (Wildman–Crippen LogP) is 2.10. The fourth-order valence-corrected chi connectivity index (χ4v) is 2.86. The van der Waals surface area contributed by atoms with Gasteiger partial charge in [0.15, 0.2) is 11.5 Å². The molecule has 0 radical (unpaired) electrons. The van der Waals surface area contributed by atoms with Crippen LogP contribution in [0.1, 0.15) is 25.5 Å². The number of benzene rings is 1. The molecular formula is C18H23NO6. The van der Waals surface area contributed by atoms with Crippen molar-refractivity contribution in [2.75, 3.05) is 20.8 Å². The number of aliphatic hydroxyl groups is 2. The van der Waals surface area contributed by atoms with E-state index in [0.717, 1.165) is 5.56 Å². The molecule has 0 spiro atoms. The zero-order chi connectivity index (χ0) is 18.2. The first-order valence-corrected chi connectivity index (χ1v) is 8.05. The monoisotopic (exact) mass is 349 g/mol. The highest BCUT2D eigenvalue weighted by atomic mass is 16.5. The van der Waals surface area contributed by atoms with Gasteiger partial charge in [-0.15, -0.1) is 0 Å². The summed E-state index contributed by atoms with van der Waals surface area (Å²) in [6, 6.07) is 3.62. The third kappa shape index (κ3) is 3.22. The third-order valence-corrected chi connectivity index (χ3v) is 4.41. The van der Waals surface area contributed by atoms with Crippen molar-refractivity contribution in [1.29, 1.82) is 0 Å². The summed E-state index contributed by atoms with van der Waals surface area (Å²) >= 11 is 0. The Labute approximate surface area is 146 Å². The van der Waals surface area contributed by atoms with Crippen LogP contribution in [-0.4, -0.2) is 48.6 Å². The van der Waals surface area contributed by atoms with Crippen molar-refractivity contribution in [3.8, 4) is 11.5 Å². The number of ether oxygens (including phenoxy) is 4. The molecule has 2 aliphatic heterocycles. The fraction of sp³-hybridized carbons (Fsp3) is 0.500. The van der Waals surface area contributed by atoms with Gasteiger partial charge in [0.25, 0.3) is 0 Å². The summed E-state index contributed by atoms with van der Waals surface area (Å²) in [7, 11) is 3.16. The molecule has 2 aliphatic rings. The second-order valence-electron chi connectivity index (χ2n) is 6.59. The van der Waals surface area contributed by atoms with Crippen LogP contribution in [0.3, 0.4) is 0 Å². The number of hydrogen-bond acceptors (Lipinski definition) is 7. The van der Waals surface area contributed by atoms with E-state index in [1.54, 1.807) is 19.4 Å². The van der Waals surface area contributed by atoms with Crippen LogP contribution in [0.5, 0.6) is 11.5 Å². The van der Waals surface area contributed by atoms with Crippen molar-refractivity contribution in [3.05, 3.63) is 30.0 Å². The van der Waals surface area contributed by atoms with Gasteiger partial charge in [0.05, 0.1) is 31.0 Å². The van der Waals surface area contributed by atoms with E-state index in [0.29, 0.717) is 23.1 Å². The van der Waals surface area contributed by atoms with Gasteiger partial charge in [0.2, 0.25) is 5.90 Å². The summed E-state index contributed by atoms with van der Waals surface area (Å²) in [6.45, 7) is 2.96. The summed E-state index contributed by atoms with van der Waals surface area (Å²) in [5.41, 5.74) is 0.192. The van der Waals surface area contributed by atoms with Gasteiger partial charge in [-0.3, -0.25) is 0 Å². The molecule has 3 atom stereocenters. The molecule has 0 bridgehead atoms. The number of hydrogen-bond donors (Lipinski definition) is 2. The Morgan fingerprint density at radius 3 is 2.72 bits per heavy atom. The van der Waals surface area contributed by atoms with Crippen LogP contribution in [0.2, 0.25) is 0 Å². The van der Waals surface area contributed by atoms with E-state index in [1.165, 1.54) is 21.0 Å². The largest absolute Gasteiger partial charge is 0.491 e. The van der Waals surface area contributed by atoms with E-state index in [4.69, 9.17) is 18.9 Å². The highest BCUT2D eigenvalue weighted by Crippen LogP contribution is 2.49. The standard InChI is InChI=1S/C18H23NO6/c1-18(2,21)13(20)9-25-12-6-5-10-14(16(12)23-4)19-17-11(7-8-24-17)15(10)22-3/h5-8,11,13,15,20-21H,9H2,1-4H3/t11-,13+,15-/m0/s1. The summed E-state index contributed by atoms with van der Waals surface area (Å²) < 4.78 is 22.2. The summed E-state index contributed by atoms with van der Waals surface area (Å²) in [5.74, 6) is 1.34. The molecule has 0 aliphatic carbocycles. The smallest absolute Gasteiger partial charge is 0.204 e. The molecule has 1 aromatic rings. The van der Waals surface area contributed by atoms with Crippen LogP contribution in [0.25, 0.3) is 0 Å². The number of rotatable bonds is 6. The molecule has 0 unspecified atom stereocenters. The molecule has 0 saturated carbocycles. The van der Waals surface area contributed by atoms with Gasteiger partial charge < -0.3 is 29.2 Å². The molecule has 25 heavy (non-hydrogen) atoms. The predicted molar refractivity (Wildman–Crippen MR) is 91.4 cm³/mol. The minimum absolute atomic E-state index is 0.0639. The first-order valence-electron chi connectivity index (χ1n) is 8.05. The highest BCUT2D eigenvalue weighted by molar-refractivity contribution is 5.90. The third-order valence-electron chi connectivity index (χ3n) is 4.41. The normalized spacial score (nSPS) is 22.6. The Morgan fingerprint density at radius 1 is 1.32 bits per heavy atom. The lowest BCUT2D eigenvalue weighted by molar-refractivity contribution is -0.0663. The molecule has 7 heteroatoms. The number of methoxy groups -OCH3 is 2. The average Bonchev–Trinajstić information content (AvgIpc) is 3.04. The molecule has 0 aromatic heterocycles. The number of nitrogens with zero attached hydrogens (tertiary/aromatic N) is 1. The Kier molecular flexibility index (Phi) is 4.73. The fourth-order valence-electron chi connectivity index (χ4n) is 2.86. The van der Waals surface area contributed by atoms with Gasteiger partial charge in [-0.2, -0.15) is 0 Å². The lowest BCUT2D eigenvalue weighted by Crippen LogP contribution is -2.40. The second kappa shape index (κ2) is 6.67. The first kappa shape index (κ1) is 17.7. The zero-order valence-corrected chi connectivity index (χ0v) is 14.7. The molecule has 0 fully saturated rings. The van der Waals surface area contributed by atoms with E-state index in [2.05, 4.69) is 4.99 Å². The Bertz CT molecular complexity index is 706. The Morgan fingerprint density at radius 2 is 2.08 bits per heavy atom. The minimum atomic E-state index is -1.26. The average molecular weight is 349 g/mol. The molecule has 7 nitrogen and oxygen atoms in total. The van der Waals surface area contributed by atoms with E-state index in [-0.39, 0.29) is 18.6 Å². The maximum absolute atomic E-state index is 9.96. The number of fused-ring (bicyclic) bond motifs is 2. The van der Waals surface area contributed by atoms with Crippen molar-refractivity contribution < 1.29 is 29.2 Å². The zero-order valence-electron chi connectivity index (χ0n) is 14.7. The van der Waals surface area contributed by atoms with E-state index in [9.17, 15) is 10.2 Å². The van der Waals surface area contributed by atoms with Crippen molar-refractivity contribution in [2.45, 2.75) is 31.7 Å². The second-order valence-corrected chi connectivity index (χ2v) is 6.59. The Hall–Kier alpha value is -2.09. The summed E-state index contributed by atoms with van der Waals surface area (Å²) in [5, 5.41) is 19.8. The van der Waals surface area contributed by atoms with Gasteiger partial charge in [-0.1, -0.05) is 6.07 Å². The topological polar surface area (TPSA) is 89.7 Å². The van der Waals surface area contributed by atoms with Gasteiger partial charge in [-0.05, 0) is 26.0 Å². The SMILES string of the molecule is COc1c(OC[C@@H](O)C(C)(C)O)ccc2c1N=C1OC=C[C@H]1[C@H]2OC. The van der Waals surface area contributed by atoms with Crippen LogP contribution in [0.4, 0.5) is 5.69 Å². The molecule has 136 valence electrons. The van der Waals surface area contributed by atoms with E-state index >= 15 is 0 Å². The van der Waals surface area contributed by atoms with Crippen LogP contribution < -0.4 is 9.47 Å². The number of aliphatic hydroxyl groups excluding tert-OH is 1. The lowest BCUT2D eigenvalue weighted by atomic mass is 9.91. The molecule has 2 heterocycles. The van der Waals surface area contributed by atoms with Gasteiger partial charge in [0, 0.05) is 12.7 Å². The van der Waals surface area contributed by atoms with Crippen LogP contribution in [0.15, 0.2) is 29.5 Å². The van der Waals surface area contributed by atoms with Crippen molar-refractivity contribution >= 4 is 11.6 Å². The summed E-state index contributed by atoms with van der Waals surface area (Å²) in [4.78, 5) is 4.55. The van der Waals surface area contributed by atoms with Gasteiger partial charge >= 0.3 is 0 Å². The highest BCUT2D eigenvalue weighted by Gasteiger charge is 2.37. The van der Waals surface area contributed by atoms with Gasteiger partial charge in [-0.25, -0.2) is 4.99 Å². The van der Waals surface area contributed by atoms with Crippen molar-refractivity contribution in [2.24, 2.45) is 10.9 Å². The van der Waals surface area contributed by atoms with E-state index < -0.39 is 11.7 Å². The molecule has 0 saturated heterocycles. The van der Waals surface area contributed by atoms with Crippen molar-refractivity contribution in [1.82, 2.24) is 0 Å². The maximum atomic E-state index is 9.96. The first-order chi connectivity index (χ1) is 11.9. The maximum Gasteiger partial charge on any atom is 0.204 e. The number of aliphatic imine (C=N–C) groups is 1. The summed E-state index contributed by atoms with van der Waals surface area (Å²) in [6.07, 6.45) is 2.24. The van der Waals surface area contributed by atoms with Crippen molar-refractivity contribution in [3.63, 3.8) is 0 Å². The molecule has 2 N–H and O–H groups in total.